The van der Waals surface area contributed by atoms with Crippen LogP contribution in [0.2, 0.25) is 0 Å². The highest BCUT2D eigenvalue weighted by Gasteiger charge is 2.40. The number of rotatable bonds is 4. The molecule has 0 spiro atoms. The van der Waals surface area contributed by atoms with E-state index in [9.17, 15) is 9.59 Å². The zero-order valence-corrected chi connectivity index (χ0v) is 16.7. The van der Waals surface area contributed by atoms with Crippen molar-refractivity contribution < 1.29 is 9.59 Å². The summed E-state index contributed by atoms with van der Waals surface area (Å²) in [4.78, 5) is 28.0. The first kappa shape index (κ1) is 18.7. The highest BCUT2D eigenvalue weighted by molar-refractivity contribution is 6.46. The first-order chi connectivity index (χ1) is 13.9. The number of benzene rings is 3. The van der Waals surface area contributed by atoms with Crippen LogP contribution in [0.15, 0.2) is 78.5 Å². The first-order valence-electron chi connectivity index (χ1n) is 9.54. The maximum absolute atomic E-state index is 13.4. The molecule has 1 N–H and O–H groups in total. The molecule has 0 aliphatic carbocycles. The fourth-order valence-corrected chi connectivity index (χ4v) is 3.61. The van der Waals surface area contributed by atoms with E-state index in [2.05, 4.69) is 5.32 Å². The van der Waals surface area contributed by atoms with Gasteiger partial charge in [0.15, 0.2) is 0 Å². The van der Waals surface area contributed by atoms with Crippen molar-refractivity contribution in [1.82, 2.24) is 0 Å². The predicted octanol–water partition coefficient (Wildman–Crippen LogP) is 5.01. The summed E-state index contributed by atoms with van der Waals surface area (Å²) in [5.41, 5.74) is 5.88. The highest BCUT2D eigenvalue weighted by Crippen LogP contribution is 2.34. The molecule has 144 valence electrons. The summed E-state index contributed by atoms with van der Waals surface area (Å²) in [5, 5.41) is 3.19. The molecule has 4 nitrogen and oxygen atoms in total. The van der Waals surface area contributed by atoms with Gasteiger partial charge in [0.25, 0.3) is 11.8 Å². The largest absolute Gasteiger partial charge is 0.350 e. The number of carbonyl (C=O) groups excluding carboxylic acids is 2. The van der Waals surface area contributed by atoms with Gasteiger partial charge in [-0.25, -0.2) is 4.90 Å². The Bertz CT molecular complexity index is 1110. The van der Waals surface area contributed by atoms with E-state index < -0.39 is 0 Å². The maximum atomic E-state index is 13.4. The van der Waals surface area contributed by atoms with E-state index in [0.717, 1.165) is 22.4 Å². The molecule has 29 heavy (non-hydrogen) atoms. The molecule has 0 bridgehead atoms. The minimum absolute atomic E-state index is 0.296. The van der Waals surface area contributed by atoms with Crippen molar-refractivity contribution in [2.75, 3.05) is 10.2 Å². The average Bonchev–Trinajstić information content (AvgIpc) is 2.93. The molecule has 0 saturated heterocycles. The van der Waals surface area contributed by atoms with Crippen LogP contribution in [0, 0.1) is 20.8 Å². The number of hydrogen-bond acceptors (Lipinski definition) is 3. The van der Waals surface area contributed by atoms with Crippen molar-refractivity contribution in [3.63, 3.8) is 0 Å². The van der Waals surface area contributed by atoms with Gasteiger partial charge >= 0.3 is 0 Å². The quantitative estimate of drug-likeness (QED) is 0.646. The summed E-state index contributed by atoms with van der Waals surface area (Å²) >= 11 is 0. The van der Waals surface area contributed by atoms with Crippen LogP contribution in [0.5, 0.6) is 0 Å². The molecule has 0 aromatic heterocycles. The monoisotopic (exact) mass is 382 g/mol. The summed E-state index contributed by atoms with van der Waals surface area (Å²) in [7, 11) is 0. The number of hydrogen-bond donors (Lipinski definition) is 1. The number of anilines is 2. The molecule has 0 saturated carbocycles. The third-order valence-corrected chi connectivity index (χ3v) is 4.93. The second-order valence-corrected chi connectivity index (χ2v) is 7.40. The van der Waals surface area contributed by atoms with Crippen LogP contribution in [0.25, 0.3) is 5.57 Å². The molecular weight excluding hydrogens is 360 g/mol. The van der Waals surface area contributed by atoms with E-state index in [4.69, 9.17) is 0 Å². The van der Waals surface area contributed by atoms with Crippen molar-refractivity contribution in [3.05, 3.63) is 101 Å². The third kappa shape index (κ3) is 3.57. The normalized spacial score (nSPS) is 14.0. The molecule has 3 aromatic carbocycles. The van der Waals surface area contributed by atoms with Crippen molar-refractivity contribution >= 4 is 28.8 Å². The topological polar surface area (TPSA) is 49.4 Å². The van der Waals surface area contributed by atoms with Gasteiger partial charge in [-0.1, -0.05) is 54.1 Å². The first-order valence-corrected chi connectivity index (χ1v) is 9.54. The van der Waals surface area contributed by atoms with Gasteiger partial charge in [-0.3, -0.25) is 9.59 Å². The van der Waals surface area contributed by atoms with Gasteiger partial charge in [0.1, 0.15) is 5.70 Å². The minimum Gasteiger partial charge on any atom is -0.350 e. The van der Waals surface area contributed by atoms with Gasteiger partial charge in [0.2, 0.25) is 0 Å². The smallest absolute Gasteiger partial charge is 0.282 e. The van der Waals surface area contributed by atoms with Crippen LogP contribution in [-0.2, 0) is 9.59 Å². The van der Waals surface area contributed by atoms with E-state index >= 15 is 0 Å². The van der Waals surface area contributed by atoms with Crippen molar-refractivity contribution in [2.45, 2.75) is 20.8 Å². The number of carbonyl (C=O) groups is 2. The minimum atomic E-state index is -0.348. The Labute approximate surface area is 170 Å². The number of imide groups is 1. The Morgan fingerprint density at radius 1 is 0.690 bits per heavy atom. The van der Waals surface area contributed by atoms with Gasteiger partial charge in [-0.15, -0.1) is 0 Å². The average molecular weight is 382 g/mol. The summed E-state index contributed by atoms with van der Waals surface area (Å²) in [6, 6.07) is 22.8. The van der Waals surface area contributed by atoms with E-state index in [0.29, 0.717) is 22.5 Å². The van der Waals surface area contributed by atoms with E-state index in [1.165, 1.54) is 4.90 Å². The van der Waals surface area contributed by atoms with Crippen LogP contribution in [-0.4, -0.2) is 11.8 Å². The van der Waals surface area contributed by atoms with E-state index in [1.807, 2.05) is 93.6 Å². The van der Waals surface area contributed by atoms with Gasteiger partial charge in [-0.2, -0.15) is 0 Å². The summed E-state index contributed by atoms with van der Waals surface area (Å²) in [6.45, 7) is 5.92. The Kier molecular flexibility index (Phi) is 4.77. The zero-order chi connectivity index (χ0) is 20.5. The fraction of sp³-hybridized carbons (Fsp3) is 0.120. The Morgan fingerprint density at radius 3 is 1.93 bits per heavy atom. The SMILES string of the molecule is Cc1ccc(NC2=C(c3ccccc3)C(=O)N(c3cc(C)cc(C)c3)C2=O)cc1. The lowest BCUT2D eigenvalue weighted by Gasteiger charge is -2.17. The predicted molar refractivity (Wildman–Crippen MR) is 117 cm³/mol. The molecule has 4 rings (SSSR count). The van der Waals surface area contributed by atoms with Crippen molar-refractivity contribution in [1.29, 1.82) is 0 Å². The van der Waals surface area contributed by atoms with Crippen molar-refractivity contribution in [3.8, 4) is 0 Å². The Hall–Kier alpha value is -3.66. The van der Waals surface area contributed by atoms with Gasteiger partial charge < -0.3 is 5.32 Å². The van der Waals surface area contributed by atoms with Gasteiger partial charge in [0, 0.05) is 5.69 Å². The molecule has 1 aliphatic rings. The molecule has 4 heteroatoms. The van der Waals surface area contributed by atoms with Crippen LogP contribution in [0.4, 0.5) is 11.4 Å². The van der Waals surface area contributed by atoms with Crippen LogP contribution >= 0.6 is 0 Å². The lowest BCUT2D eigenvalue weighted by molar-refractivity contribution is -0.120. The molecule has 0 atom stereocenters. The van der Waals surface area contributed by atoms with E-state index in [-0.39, 0.29) is 11.8 Å². The summed E-state index contributed by atoms with van der Waals surface area (Å²) in [6.07, 6.45) is 0. The fourth-order valence-electron chi connectivity index (χ4n) is 3.61. The number of amides is 2. The lowest BCUT2D eigenvalue weighted by Crippen LogP contribution is -2.32. The molecular formula is C25H22N2O2. The maximum Gasteiger partial charge on any atom is 0.282 e. The van der Waals surface area contributed by atoms with Gasteiger partial charge in [0.05, 0.1) is 11.3 Å². The summed E-state index contributed by atoms with van der Waals surface area (Å²) < 4.78 is 0. The Morgan fingerprint density at radius 2 is 1.31 bits per heavy atom. The van der Waals surface area contributed by atoms with Crippen LogP contribution < -0.4 is 10.2 Å². The van der Waals surface area contributed by atoms with Gasteiger partial charge in [-0.05, 0) is 61.7 Å². The molecule has 0 fully saturated rings. The van der Waals surface area contributed by atoms with Crippen molar-refractivity contribution in [2.24, 2.45) is 0 Å². The summed E-state index contributed by atoms with van der Waals surface area (Å²) in [5.74, 6) is -0.666. The second kappa shape index (κ2) is 7.40. The molecule has 1 aliphatic heterocycles. The lowest BCUT2D eigenvalue weighted by atomic mass is 10.0. The highest BCUT2D eigenvalue weighted by atomic mass is 16.2. The molecule has 0 unspecified atom stereocenters. The number of nitrogens with zero attached hydrogens (tertiary/aromatic N) is 1. The Balaban J connectivity index is 1.82. The third-order valence-electron chi connectivity index (χ3n) is 4.93. The molecule has 3 aromatic rings. The van der Waals surface area contributed by atoms with Crippen LogP contribution in [0.3, 0.4) is 0 Å². The number of nitrogens with one attached hydrogen (secondary N) is 1. The second-order valence-electron chi connectivity index (χ2n) is 7.40. The number of aryl methyl sites for hydroxylation is 3. The molecule has 1 heterocycles. The van der Waals surface area contributed by atoms with Crippen LogP contribution in [0.1, 0.15) is 22.3 Å². The standard InChI is InChI=1S/C25H22N2O2/c1-16-9-11-20(12-10-16)26-23-22(19-7-5-4-6-8-19)24(28)27(25(23)29)21-14-17(2)13-18(3)15-21/h4-15,26H,1-3H3. The van der Waals surface area contributed by atoms with E-state index in [1.54, 1.807) is 0 Å². The zero-order valence-electron chi connectivity index (χ0n) is 16.7. The molecule has 2 amide bonds. The molecule has 0 radical (unpaired) electrons.